The van der Waals surface area contributed by atoms with Gasteiger partial charge in [-0.3, -0.25) is 0 Å². The SMILES string of the molecule is C[C@]12CC=CCC1CC[C@@H]1[C@@H]2CC[C@@]2(C)[C@H]1CC[C@]2(C)O. The van der Waals surface area contributed by atoms with Crippen molar-refractivity contribution in [2.45, 2.75) is 77.7 Å². The van der Waals surface area contributed by atoms with E-state index < -0.39 is 5.60 Å². The van der Waals surface area contributed by atoms with Crippen molar-refractivity contribution >= 4 is 0 Å². The van der Waals surface area contributed by atoms with E-state index in [2.05, 4.69) is 32.9 Å². The molecule has 0 bridgehead atoms. The molecule has 7 atom stereocenters. The zero-order valence-corrected chi connectivity index (χ0v) is 14.1. The third-order valence-electron chi connectivity index (χ3n) is 8.77. The lowest BCUT2D eigenvalue weighted by Crippen LogP contribution is -2.55. The summed E-state index contributed by atoms with van der Waals surface area (Å²) in [6, 6.07) is 0. The van der Waals surface area contributed by atoms with Gasteiger partial charge in [0.1, 0.15) is 0 Å². The molecule has 118 valence electrons. The molecule has 1 nitrogen and oxygen atoms in total. The largest absolute Gasteiger partial charge is 0.390 e. The predicted octanol–water partition coefficient (Wildman–Crippen LogP) is 4.95. The smallest absolute Gasteiger partial charge is 0.0675 e. The quantitative estimate of drug-likeness (QED) is 0.626. The Morgan fingerprint density at radius 1 is 0.905 bits per heavy atom. The van der Waals surface area contributed by atoms with Crippen molar-refractivity contribution in [1.29, 1.82) is 0 Å². The van der Waals surface area contributed by atoms with Crippen molar-refractivity contribution in [2.24, 2.45) is 34.5 Å². The molecule has 0 aromatic heterocycles. The Balaban J connectivity index is 1.68. The van der Waals surface area contributed by atoms with Gasteiger partial charge in [-0.1, -0.05) is 26.0 Å². The van der Waals surface area contributed by atoms with E-state index in [1.165, 1.54) is 44.9 Å². The van der Waals surface area contributed by atoms with Crippen LogP contribution < -0.4 is 0 Å². The van der Waals surface area contributed by atoms with Gasteiger partial charge in [0, 0.05) is 0 Å². The van der Waals surface area contributed by atoms with E-state index in [1.807, 2.05) is 0 Å². The summed E-state index contributed by atoms with van der Waals surface area (Å²) in [4.78, 5) is 0. The molecule has 0 amide bonds. The van der Waals surface area contributed by atoms with Crippen LogP contribution in [0.4, 0.5) is 0 Å². The fourth-order valence-corrected chi connectivity index (χ4v) is 7.08. The molecule has 1 N–H and O–H groups in total. The summed E-state index contributed by atoms with van der Waals surface area (Å²) in [5.41, 5.74) is 0.308. The summed E-state index contributed by atoms with van der Waals surface area (Å²) in [7, 11) is 0. The van der Waals surface area contributed by atoms with E-state index in [0.717, 1.165) is 30.1 Å². The number of fused-ring (bicyclic) bond motifs is 5. The highest BCUT2D eigenvalue weighted by Crippen LogP contribution is 2.67. The first kappa shape index (κ1) is 14.3. The van der Waals surface area contributed by atoms with Crippen molar-refractivity contribution in [3.63, 3.8) is 0 Å². The monoisotopic (exact) mass is 288 g/mol. The molecular weight excluding hydrogens is 256 g/mol. The topological polar surface area (TPSA) is 20.2 Å². The highest BCUT2D eigenvalue weighted by Gasteiger charge is 2.62. The number of allylic oxidation sites excluding steroid dienone is 2. The van der Waals surface area contributed by atoms with Gasteiger partial charge in [-0.25, -0.2) is 0 Å². The molecule has 0 spiro atoms. The van der Waals surface area contributed by atoms with Gasteiger partial charge >= 0.3 is 0 Å². The fraction of sp³-hybridized carbons (Fsp3) is 0.900. The number of rotatable bonds is 0. The third-order valence-corrected chi connectivity index (χ3v) is 8.77. The molecule has 1 unspecified atom stereocenters. The molecule has 4 aliphatic carbocycles. The molecule has 3 saturated carbocycles. The molecular formula is C20H32O. The first-order valence-corrected chi connectivity index (χ1v) is 9.26. The highest BCUT2D eigenvalue weighted by molar-refractivity contribution is 5.14. The Kier molecular flexibility index (Phi) is 2.98. The maximum Gasteiger partial charge on any atom is 0.0675 e. The van der Waals surface area contributed by atoms with E-state index in [-0.39, 0.29) is 5.41 Å². The fourth-order valence-electron chi connectivity index (χ4n) is 7.08. The van der Waals surface area contributed by atoms with E-state index in [0.29, 0.717) is 5.41 Å². The first-order valence-electron chi connectivity index (χ1n) is 9.26. The average Bonchev–Trinajstić information content (AvgIpc) is 2.69. The molecule has 4 rings (SSSR count). The van der Waals surface area contributed by atoms with Gasteiger partial charge < -0.3 is 5.11 Å². The minimum atomic E-state index is -0.424. The Bertz CT molecular complexity index is 464. The molecule has 0 heterocycles. The zero-order valence-electron chi connectivity index (χ0n) is 14.1. The normalized spacial score (nSPS) is 59.2. The van der Waals surface area contributed by atoms with Crippen LogP contribution in [-0.4, -0.2) is 10.7 Å². The van der Waals surface area contributed by atoms with Crippen molar-refractivity contribution in [3.05, 3.63) is 12.2 Å². The van der Waals surface area contributed by atoms with Gasteiger partial charge in [0.05, 0.1) is 5.60 Å². The lowest BCUT2D eigenvalue weighted by atomic mass is 9.45. The van der Waals surface area contributed by atoms with Gasteiger partial charge in [-0.05, 0) is 92.8 Å². The van der Waals surface area contributed by atoms with E-state index in [4.69, 9.17) is 0 Å². The van der Waals surface area contributed by atoms with Crippen LogP contribution in [0.1, 0.15) is 72.1 Å². The molecule has 4 aliphatic rings. The second kappa shape index (κ2) is 4.37. The average molecular weight is 288 g/mol. The van der Waals surface area contributed by atoms with Gasteiger partial charge in [-0.2, -0.15) is 0 Å². The minimum Gasteiger partial charge on any atom is -0.390 e. The van der Waals surface area contributed by atoms with Crippen LogP contribution >= 0.6 is 0 Å². The molecule has 0 aromatic carbocycles. The van der Waals surface area contributed by atoms with Crippen LogP contribution in [0.5, 0.6) is 0 Å². The number of hydrogen-bond donors (Lipinski definition) is 1. The molecule has 1 heteroatoms. The summed E-state index contributed by atoms with van der Waals surface area (Å²) in [5, 5.41) is 10.9. The summed E-state index contributed by atoms with van der Waals surface area (Å²) in [6.07, 6.45) is 15.3. The Hall–Kier alpha value is -0.300. The predicted molar refractivity (Wildman–Crippen MR) is 86.9 cm³/mol. The molecule has 21 heavy (non-hydrogen) atoms. The standard InChI is InChI=1S/C20H32O/c1-18-11-5-4-6-14(18)7-8-15-16(18)9-12-19(2)17(15)10-13-20(19,3)21/h4-5,14-17,21H,6-13H2,1-3H3/t14?,15-,16+,17+,18+,19+,20+/m1/s1. The Morgan fingerprint density at radius 3 is 2.48 bits per heavy atom. The van der Waals surface area contributed by atoms with Crippen molar-refractivity contribution in [3.8, 4) is 0 Å². The molecule has 3 fully saturated rings. The first-order chi connectivity index (χ1) is 9.88. The van der Waals surface area contributed by atoms with E-state index in [9.17, 15) is 5.11 Å². The zero-order chi connectivity index (χ0) is 14.9. The molecule has 0 aromatic rings. The second-order valence-electron chi connectivity index (χ2n) is 9.34. The van der Waals surface area contributed by atoms with Crippen LogP contribution in [0.3, 0.4) is 0 Å². The molecule has 0 radical (unpaired) electrons. The van der Waals surface area contributed by atoms with Gasteiger partial charge in [0.15, 0.2) is 0 Å². The number of aliphatic hydroxyl groups is 1. The van der Waals surface area contributed by atoms with Crippen LogP contribution in [-0.2, 0) is 0 Å². The van der Waals surface area contributed by atoms with Crippen molar-refractivity contribution in [1.82, 2.24) is 0 Å². The van der Waals surface area contributed by atoms with E-state index in [1.54, 1.807) is 0 Å². The van der Waals surface area contributed by atoms with Crippen molar-refractivity contribution < 1.29 is 5.11 Å². The summed E-state index contributed by atoms with van der Waals surface area (Å²) >= 11 is 0. The third kappa shape index (κ3) is 1.73. The minimum absolute atomic E-state index is 0.182. The van der Waals surface area contributed by atoms with Crippen LogP contribution in [0, 0.1) is 34.5 Å². The number of hydrogen-bond acceptors (Lipinski definition) is 1. The molecule has 0 saturated heterocycles. The van der Waals surface area contributed by atoms with Gasteiger partial charge in [0.2, 0.25) is 0 Å². The van der Waals surface area contributed by atoms with Crippen molar-refractivity contribution in [2.75, 3.05) is 0 Å². The highest BCUT2D eigenvalue weighted by atomic mass is 16.3. The summed E-state index contributed by atoms with van der Waals surface area (Å²) in [6.45, 7) is 7.11. The summed E-state index contributed by atoms with van der Waals surface area (Å²) in [5.74, 6) is 3.49. The maximum atomic E-state index is 10.9. The maximum absolute atomic E-state index is 10.9. The van der Waals surface area contributed by atoms with E-state index >= 15 is 0 Å². The second-order valence-corrected chi connectivity index (χ2v) is 9.34. The van der Waals surface area contributed by atoms with Crippen LogP contribution in [0.15, 0.2) is 12.2 Å². The van der Waals surface area contributed by atoms with Gasteiger partial charge in [0.25, 0.3) is 0 Å². The molecule has 0 aliphatic heterocycles. The Morgan fingerprint density at radius 2 is 1.67 bits per heavy atom. The van der Waals surface area contributed by atoms with Crippen LogP contribution in [0.2, 0.25) is 0 Å². The van der Waals surface area contributed by atoms with Crippen LogP contribution in [0.25, 0.3) is 0 Å². The summed E-state index contributed by atoms with van der Waals surface area (Å²) < 4.78 is 0. The lowest BCUT2D eigenvalue weighted by molar-refractivity contribution is -0.138. The van der Waals surface area contributed by atoms with Gasteiger partial charge in [-0.15, -0.1) is 0 Å². The Labute approximate surface area is 130 Å². The lowest BCUT2D eigenvalue weighted by Gasteiger charge is -2.60.